The zero-order chi connectivity index (χ0) is 18.7. The zero-order valence-electron chi connectivity index (χ0n) is 15.1. The minimum absolute atomic E-state index is 0.252. The lowest BCUT2D eigenvalue weighted by atomic mass is 10.1. The Bertz CT molecular complexity index is 931. The summed E-state index contributed by atoms with van der Waals surface area (Å²) in [4.78, 5) is 25.2. The number of Topliss-reactive ketones (excluding diaryl/α,β-unsaturated/α-hetero) is 1. The number of aryl methyl sites for hydroxylation is 1. The molecule has 3 rings (SSSR count). The fourth-order valence-electron chi connectivity index (χ4n) is 2.99. The average molecular weight is 347 g/mol. The highest BCUT2D eigenvalue weighted by Crippen LogP contribution is 2.19. The van der Waals surface area contributed by atoms with Gasteiger partial charge in [-0.3, -0.25) is 9.59 Å². The number of carbonyl (C=O) groups excluding carboxylic acids is 2. The minimum Gasteiger partial charge on any atom is -0.343 e. The molecule has 1 heterocycles. The van der Waals surface area contributed by atoms with Gasteiger partial charge >= 0.3 is 0 Å². The van der Waals surface area contributed by atoms with Gasteiger partial charge in [0, 0.05) is 0 Å². The van der Waals surface area contributed by atoms with Crippen LogP contribution in [0.2, 0.25) is 0 Å². The number of amides is 1. The maximum absolute atomic E-state index is 12.7. The predicted molar refractivity (Wildman–Crippen MR) is 100 cm³/mol. The molecule has 0 spiro atoms. The van der Waals surface area contributed by atoms with Crippen molar-refractivity contribution in [3.63, 3.8) is 0 Å². The van der Waals surface area contributed by atoms with E-state index < -0.39 is 11.7 Å². The second-order valence-electron chi connectivity index (χ2n) is 6.23. The Morgan fingerprint density at radius 3 is 2.15 bits per heavy atom. The standard InChI is InChI=1S/C21H21N3O2/c1-14(17-10-6-4-7-11-17)22-21(26)20(25)19-15(2)23-24(16(19)3)18-12-8-5-9-13-18/h4-14H,1-3H3,(H,22,26). The summed E-state index contributed by atoms with van der Waals surface area (Å²) >= 11 is 0. The first-order valence-electron chi connectivity index (χ1n) is 8.51. The molecule has 5 nitrogen and oxygen atoms in total. The van der Waals surface area contributed by atoms with Gasteiger partial charge in [-0.05, 0) is 38.5 Å². The van der Waals surface area contributed by atoms with E-state index in [0.717, 1.165) is 11.3 Å². The first-order chi connectivity index (χ1) is 12.5. The average Bonchev–Trinajstić information content (AvgIpc) is 2.96. The summed E-state index contributed by atoms with van der Waals surface area (Å²) in [5, 5.41) is 7.21. The first kappa shape index (κ1) is 17.6. The third kappa shape index (κ3) is 3.42. The van der Waals surface area contributed by atoms with E-state index in [1.807, 2.05) is 67.6 Å². The van der Waals surface area contributed by atoms with Crippen LogP contribution in [0.15, 0.2) is 60.7 Å². The molecule has 1 unspecified atom stereocenters. The van der Waals surface area contributed by atoms with E-state index in [9.17, 15) is 9.59 Å². The molecule has 3 aromatic rings. The fourth-order valence-corrected chi connectivity index (χ4v) is 2.99. The van der Waals surface area contributed by atoms with Crippen molar-refractivity contribution in [2.45, 2.75) is 26.8 Å². The first-order valence-corrected chi connectivity index (χ1v) is 8.51. The molecule has 0 aliphatic rings. The molecule has 26 heavy (non-hydrogen) atoms. The van der Waals surface area contributed by atoms with E-state index in [1.54, 1.807) is 18.5 Å². The SMILES string of the molecule is Cc1nn(-c2ccccc2)c(C)c1C(=O)C(=O)NC(C)c1ccccc1. The van der Waals surface area contributed by atoms with Crippen LogP contribution in [-0.2, 0) is 4.79 Å². The quantitative estimate of drug-likeness (QED) is 0.567. The summed E-state index contributed by atoms with van der Waals surface area (Å²) in [7, 11) is 0. The van der Waals surface area contributed by atoms with Gasteiger partial charge in [-0.1, -0.05) is 48.5 Å². The predicted octanol–water partition coefficient (Wildman–Crippen LogP) is 3.55. The third-order valence-electron chi connectivity index (χ3n) is 4.37. The van der Waals surface area contributed by atoms with Crippen molar-refractivity contribution in [1.82, 2.24) is 15.1 Å². The van der Waals surface area contributed by atoms with Crippen molar-refractivity contribution in [3.05, 3.63) is 83.2 Å². The second kappa shape index (κ2) is 7.35. The maximum atomic E-state index is 12.7. The Balaban J connectivity index is 1.84. The van der Waals surface area contributed by atoms with Gasteiger partial charge in [-0.2, -0.15) is 5.10 Å². The van der Waals surface area contributed by atoms with Crippen LogP contribution in [0.5, 0.6) is 0 Å². The van der Waals surface area contributed by atoms with E-state index in [1.165, 1.54) is 0 Å². The fraction of sp³-hybridized carbons (Fsp3) is 0.190. The van der Waals surface area contributed by atoms with Gasteiger partial charge in [0.25, 0.3) is 11.7 Å². The molecule has 0 aliphatic carbocycles. The molecule has 1 N–H and O–H groups in total. The van der Waals surface area contributed by atoms with Gasteiger partial charge in [0.1, 0.15) is 0 Å². The summed E-state index contributed by atoms with van der Waals surface area (Å²) in [5.74, 6) is -1.19. The van der Waals surface area contributed by atoms with Crippen LogP contribution in [0, 0.1) is 13.8 Å². The molecule has 132 valence electrons. The van der Waals surface area contributed by atoms with Gasteiger partial charge in [0.05, 0.1) is 28.7 Å². The molecule has 1 amide bonds. The Morgan fingerprint density at radius 1 is 0.962 bits per heavy atom. The Morgan fingerprint density at radius 2 is 1.54 bits per heavy atom. The van der Waals surface area contributed by atoms with Crippen LogP contribution in [0.1, 0.15) is 40.3 Å². The highest BCUT2D eigenvalue weighted by atomic mass is 16.2. The summed E-state index contributed by atoms with van der Waals surface area (Å²) in [6.45, 7) is 5.40. The topological polar surface area (TPSA) is 64.0 Å². The molecule has 0 saturated carbocycles. The van der Waals surface area contributed by atoms with Gasteiger partial charge in [-0.15, -0.1) is 0 Å². The highest BCUT2D eigenvalue weighted by Gasteiger charge is 2.26. The Hall–Kier alpha value is -3.21. The number of hydrogen-bond donors (Lipinski definition) is 1. The van der Waals surface area contributed by atoms with Crippen molar-refractivity contribution >= 4 is 11.7 Å². The van der Waals surface area contributed by atoms with E-state index in [0.29, 0.717) is 17.0 Å². The van der Waals surface area contributed by atoms with Crippen LogP contribution in [-0.4, -0.2) is 21.5 Å². The smallest absolute Gasteiger partial charge is 0.293 e. The summed E-state index contributed by atoms with van der Waals surface area (Å²) in [5.41, 5.74) is 3.35. The molecule has 2 aromatic carbocycles. The molecular formula is C21H21N3O2. The molecule has 0 fully saturated rings. The molecule has 1 atom stereocenters. The normalized spacial score (nSPS) is 11.8. The van der Waals surface area contributed by atoms with Crippen LogP contribution in [0.25, 0.3) is 5.69 Å². The number of hydrogen-bond acceptors (Lipinski definition) is 3. The van der Waals surface area contributed by atoms with Gasteiger partial charge in [-0.25, -0.2) is 4.68 Å². The lowest BCUT2D eigenvalue weighted by molar-refractivity contribution is -0.117. The molecule has 0 bridgehead atoms. The minimum atomic E-state index is -0.625. The largest absolute Gasteiger partial charge is 0.343 e. The number of nitrogens with one attached hydrogen (secondary N) is 1. The highest BCUT2D eigenvalue weighted by molar-refractivity contribution is 6.43. The Kier molecular flexibility index (Phi) is 4.98. The molecular weight excluding hydrogens is 326 g/mol. The number of benzene rings is 2. The zero-order valence-corrected chi connectivity index (χ0v) is 15.1. The summed E-state index contributed by atoms with van der Waals surface area (Å²) < 4.78 is 1.69. The van der Waals surface area contributed by atoms with Crippen LogP contribution < -0.4 is 5.32 Å². The maximum Gasteiger partial charge on any atom is 0.293 e. The van der Waals surface area contributed by atoms with Gasteiger partial charge < -0.3 is 5.32 Å². The van der Waals surface area contributed by atoms with E-state index >= 15 is 0 Å². The van der Waals surface area contributed by atoms with Crippen molar-refractivity contribution in [1.29, 1.82) is 0 Å². The van der Waals surface area contributed by atoms with E-state index in [-0.39, 0.29) is 6.04 Å². The van der Waals surface area contributed by atoms with Crippen LogP contribution in [0.3, 0.4) is 0 Å². The van der Waals surface area contributed by atoms with Gasteiger partial charge in [0.2, 0.25) is 0 Å². The number of rotatable bonds is 5. The lowest BCUT2D eigenvalue weighted by Gasteiger charge is -2.13. The number of nitrogens with zero attached hydrogens (tertiary/aromatic N) is 2. The van der Waals surface area contributed by atoms with Crippen LogP contribution >= 0.6 is 0 Å². The summed E-state index contributed by atoms with van der Waals surface area (Å²) in [6.07, 6.45) is 0. The van der Waals surface area contributed by atoms with E-state index in [2.05, 4.69) is 10.4 Å². The second-order valence-corrected chi connectivity index (χ2v) is 6.23. The van der Waals surface area contributed by atoms with Crippen molar-refractivity contribution in [2.75, 3.05) is 0 Å². The lowest BCUT2D eigenvalue weighted by Crippen LogP contribution is -2.33. The van der Waals surface area contributed by atoms with Crippen LogP contribution in [0.4, 0.5) is 0 Å². The number of para-hydroxylation sites is 1. The van der Waals surface area contributed by atoms with Crippen molar-refractivity contribution in [3.8, 4) is 5.69 Å². The number of ketones is 1. The molecule has 0 aliphatic heterocycles. The summed E-state index contributed by atoms with van der Waals surface area (Å²) in [6, 6.07) is 18.8. The van der Waals surface area contributed by atoms with E-state index in [4.69, 9.17) is 0 Å². The third-order valence-corrected chi connectivity index (χ3v) is 4.37. The van der Waals surface area contributed by atoms with Crippen molar-refractivity contribution < 1.29 is 9.59 Å². The molecule has 1 aromatic heterocycles. The molecule has 5 heteroatoms. The van der Waals surface area contributed by atoms with Crippen molar-refractivity contribution in [2.24, 2.45) is 0 Å². The number of carbonyl (C=O) groups is 2. The number of aromatic nitrogens is 2. The van der Waals surface area contributed by atoms with Gasteiger partial charge in [0.15, 0.2) is 0 Å². The molecule has 0 radical (unpaired) electrons. The Labute approximate surface area is 152 Å². The molecule has 0 saturated heterocycles. The monoisotopic (exact) mass is 347 g/mol.